The number of nitrogens with one attached hydrogen (secondary N) is 1. The molecule has 0 saturated heterocycles. The standard InChI is InChI=1S/C15H17Cl2N3/c1-9-4-3-5-10(2)12(9)7-14(20-18)15-13(17)6-11(16)8-19-15/h3-6,8,14,20H,7,18H2,1-2H3. The number of hydrazine groups is 1. The lowest BCUT2D eigenvalue weighted by molar-refractivity contribution is 0.536. The van der Waals surface area contributed by atoms with E-state index in [4.69, 9.17) is 29.0 Å². The molecule has 1 aromatic carbocycles. The van der Waals surface area contributed by atoms with Gasteiger partial charge in [-0.15, -0.1) is 0 Å². The summed E-state index contributed by atoms with van der Waals surface area (Å²) in [5.74, 6) is 5.68. The molecule has 1 unspecified atom stereocenters. The Kier molecular flexibility index (Phi) is 5.00. The SMILES string of the molecule is Cc1cccc(C)c1CC(NN)c1ncc(Cl)cc1Cl. The zero-order chi connectivity index (χ0) is 14.7. The molecule has 0 saturated carbocycles. The number of aromatic nitrogens is 1. The van der Waals surface area contributed by atoms with Crippen LogP contribution in [0.15, 0.2) is 30.5 Å². The molecular weight excluding hydrogens is 293 g/mol. The summed E-state index contributed by atoms with van der Waals surface area (Å²) in [6, 6.07) is 7.76. The van der Waals surface area contributed by atoms with E-state index in [-0.39, 0.29) is 6.04 Å². The first kappa shape index (κ1) is 15.3. The predicted molar refractivity (Wildman–Crippen MR) is 83.9 cm³/mol. The van der Waals surface area contributed by atoms with Gasteiger partial charge in [0.1, 0.15) is 0 Å². The Morgan fingerprint density at radius 2 is 1.90 bits per heavy atom. The van der Waals surface area contributed by atoms with Crippen LogP contribution < -0.4 is 11.3 Å². The smallest absolute Gasteiger partial charge is 0.0777 e. The number of nitrogens with zero attached hydrogens (tertiary/aromatic N) is 1. The summed E-state index contributed by atoms with van der Waals surface area (Å²) in [6.07, 6.45) is 2.31. The second kappa shape index (κ2) is 6.55. The Balaban J connectivity index is 2.34. The normalized spacial score (nSPS) is 12.4. The summed E-state index contributed by atoms with van der Waals surface area (Å²) in [7, 11) is 0. The average Bonchev–Trinajstić information content (AvgIpc) is 2.40. The first-order valence-electron chi connectivity index (χ1n) is 6.35. The van der Waals surface area contributed by atoms with Crippen LogP contribution in [-0.2, 0) is 6.42 Å². The largest absolute Gasteiger partial charge is 0.271 e. The molecule has 1 heterocycles. The fourth-order valence-electron chi connectivity index (χ4n) is 2.29. The van der Waals surface area contributed by atoms with Gasteiger partial charge >= 0.3 is 0 Å². The molecule has 0 aliphatic rings. The van der Waals surface area contributed by atoms with Crippen LogP contribution in [0.3, 0.4) is 0 Å². The molecule has 0 fully saturated rings. The highest BCUT2D eigenvalue weighted by molar-refractivity contribution is 6.34. The number of hydrogen-bond donors (Lipinski definition) is 2. The lowest BCUT2D eigenvalue weighted by Crippen LogP contribution is -2.31. The van der Waals surface area contributed by atoms with E-state index in [1.165, 1.54) is 16.7 Å². The van der Waals surface area contributed by atoms with E-state index in [0.717, 1.165) is 6.42 Å². The van der Waals surface area contributed by atoms with E-state index in [2.05, 4.69) is 36.4 Å². The van der Waals surface area contributed by atoms with Gasteiger partial charge in [-0.1, -0.05) is 41.4 Å². The van der Waals surface area contributed by atoms with Crippen molar-refractivity contribution in [2.45, 2.75) is 26.3 Å². The van der Waals surface area contributed by atoms with Crippen LogP contribution in [0.2, 0.25) is 10.0 Å². The van der Waals surface area contributed by atoms with Gasteiger partial charge in [-0.25, -0.2) is 0 Å². The molecule has 2 rings (SSSR count). The van der Waals surface area contributed by atoms with Crippen molar-refractivity contribution in [3.05, 3.63) is 62.9 Å². The second-order valence-corrected chi connectivity index (χ2v) is 5.66. The van der Waals surface area contributed by atoms with E-state index in [0.29, 0.717) is 15.7 Å². The summed E-state index contributed by atoms with van der Waals surface area (Å²) < 4.78 is 0. The lowest BCUT2D eigenvalue weighted by atomic mass is 9.95. The van der Waals surface area contributed by atoms with Crippen LogP contribution in [0, 0.1) is 13.8 Å². The van der Waals surface area contributed by atoms with Gasteiger partial charge in [0.2, 0.25) is 0 Å². The number of hydrogen-bond acceptors (Lipinski definition) is 3. The molecule has 0 spiro atoms. The van der Waals surface area contributed by atoms with Crippen molar-refractivity contribution in [2.75, 3.05) is 0 Å². The third kappa shape index (κ3) is 3.30. The third-order valence-corrected chi connectivity index (χ3v) is 3.93. The molecule has 0 aliphatic heterocycles. The Hall–Kier alpha value is -1.13. The minimum atomic E-state index is -0.153. The van der Waals surface area contributed by atoms with E-state index >= 15 is 0 Å². The molecule has 20 heavy (non-hydrogen) atoms. The maximum absolute atomic E-state index is 6.21. The molecule has 0 bridgehead atoms. The van der Waals surface area contributed by atoms with Crippen molar-refractivity contribution >= 4 is 23.2 Å². The summed E-state index contributed by atoms with van der Waals surface area (Å²) >= 11 is 12.1. The van der Waals surface area contributed by atoms with E-state index < -0.39 is 0 Å². The zero-order valence-electron chi connectivity index (χ0n) is 11.5. The van der Waals surface area contributed by atoms with Gasteiger partial charge in [0.25, 0.3) is 0 Å². The highest BCUT2D eigenvalue weighted by Gasteiger charge is 2.17. The molecule has 3 N–H and O–H groups in total. The Bertz CT molecular complexity index is 594. The van der Waals surface area contributed by atoms with Crippen molar-refractivity contribution < 1.29 is 0 Å². The summed E-state index contributed by atoms with van der Waals surface area (Å²) in [6.45, 7) is 4.18. The van der Waals surface area contributed by atoms with Crippen molar-refractivity contribution in [3.63, 3.8) is 0 Å². The van der Waals surface area contributed by atoms with Crippen LogP contribution in [0.5, 0.6) is 0 Å². The fourth-order valence-corrected chi connectivity index (χ4v) is 2.80. The maximum atomic E-state index is 6.21. The first-order chi connectivity index (χ1) is 9.52. The molecule has 1 atom stereocenters. The third-order valence-electron chi connectivity index (χ3n) is 3.42. The highest BCUT2D eigenvalue weighted by Crippen LogP contribution is 2.27. The van der Waals surface area contributed by atoms with Gasteiger partial charge in [0.05, 0.1) is 21.8 Å². The minimum absolute atomic E-state index is 0.153. The molecule has 1 aromatic heterocycles. The Labute approximate surface area is 129 Å². The van der Waals surface area contributed by atoms with Crippen LogP contribution in [0.25, 0.3) is 0 Å². The van der Waals surface area contributed by atoms with Crippen molar-refractivity contribution in [1.82, 2.24) is 10.4 Å². The number of rotatable bonds is 4. The first-order valence-corrected chi connectivity index (χ1v) is 7.10. The second-order valence-electron chi connectivity index (χ2n) is 4.81. The molecule has 106 valence electrons. The van der Waals surface area contributed by atoms with Gasteiger partial charge in [-0.05, 0) is 43.0 Å². The quantitative estimate of drug-likeness (QED) is 0.668. The molecule has 0 radical (unpaired) electrons. The maximum Gasteiger partial charge on any atom is 0.0777 e. The summed E-state index contributed by atoms with van der Waals surface area (Å²) in [4.78, 5) is 4.30. The van der Waals surface area contributed by atoms with Crippen LogP contribution >= 0.6 is 23.2 Å². The number of benzene rings is 1. The Morgan fingerprint density at radius 3 is 2.45 bits per heavy atom. The van der Waals surface area contributed by atoms with Crippen molar-refractivity contribution in [3.8, 4) is 0 Å². The molecule has 3 nitrogen and oxygen atoms in total. The average molecular weight is 310 g/mol. The van der Waals surface area contributed by atoms with Gasteiger partial charge in [0, 0.05) is 6.20 Å². The summed E-state index contributed by atoms with van der Waals surface area (Å²) in [5.41, 5.74) is 7.22. The molecular formula is C15H17Cl2N3. The van der Waals surface area contributed by atoms with Gasteiger partial charge in [-0.2, -0.15) is 0 Å². The number of halogens is 2. The topological polar surface area (TPSA) is 50.9 Å². The van der Waals surface area contributed by atoms with Crippen LogP contribution in [-0.4, -0.2) is 4.98 Å². The number of nitrogens with two attached hydrogens (primary N) is 1. The fraction of sp³-hybridized carbons (Fsp3) is 0.267. The van der Waals surface area contributed by atoms with Crippen molar-refractivity contribution in [1.29, 1.82) is 0 Å². The van der Waals surface area contributed by atoms with E-state index in [9.17, 15) is 0 Å². The number of pyridine rings is 1. The molecule has 2 aromatic rings. The predicted octanol–water partition coefficient (Wildman–Crippen LogP) is 3.75. The van der Waals surface area contributed by atoms with Crippen molar-refractivity contribution in [2.24, 2.45) is 5.84 Å². The lowest BCUT2D eigenvalue weighted by Gasteiger charge is -2.19. The highest BCUT2D eigenvalue weighted by atomic mass is 35.5. The number of aryl methyl sites for hydroxylation is 2. The summed E-state index contributed by atoms with van der Waals surface area (Å²) in [5, 5.41) is 1.04. The molecule has 5 heteroatoms. The monoisotopic (exact) mass is 309 g/mol. The van der Waals surface area contributed by atoms with Gasteiger partial charge in [-0.3, -0.25) is 16.3 Å². The van der Waals surface area contributed by atoms with Crippen LogP contribution in [0.1, 0.15) is 28.4 Å². The van der Waals surface area contributed by atoms with Gasteiger partial charge < -0.3 is 0 Å². The molecule has 0 aliphatic carbocycles. The zero-order valence-corrected chi connectivity index (χ0v) is 13.0. The minimum Gasteiger partial charge on any atom is -0.271 e. The van der Waals surface area contributed by atoms with Gasteiger partial charge in [0.15, 0.2) is 0 Å². The van der Waals surface area contributed by atoms with E-state index in [1.807, 2.05) is 6.07 Å². The van der Waals surface area contributed by atoms with E-state index in [1.54, 1.807) is 12.3 Å². The Morgan fingerprint density at radius 1 is 1.25 bits per heavy atom. The molecule has 0 amide bonds. The van der Waals surface area contributed by atoms with Crippen LogP contribution in [0.4, 0.5) is 0 Å².